The average molecular weight is 469 g/mol. The third-order valence-electron chi connectivity index (χ3n) is 5.13. The van der Waals surface area contributed by atoms with Crippen molar-refractivity contribution in [3.8, 4) is 16.9 Å². The maximum absolute atomic E-state index is 15.6. The number of ether oxygens (including phenoxy) is 1. The Hall–Kier alpha value is -2.91. The number of carbonyl (C=O) groups is 1. The highest BCUT2D eigenvalue weighted by Gasteiger charge is 2.27. The molecule has 4 rings (SSSR count). The van der Waals surface area contributed by atoms with E-state index in [-0.39, 0.29) is 51.2 Å². The number of piperazine rings is 1. The molecular weight excluding hydrogens is 453 g/mol. The predicted molar refractivity (Wildman–Crippen MR) is 113 cm³/mol. The maximum Gasteiger partial charge on any atom is 0.407 e. The molecule has 3 aromatic rings. The van der Waals surface area contributed by atoms with E-state index in [0.29, 0.717) is 18.9 Å². The molecule has 1 fully saturated rings. The minimum absolute atomic E-state index is 0.0512. The van der Waals surface area contributed by atoms with E-state index < -0.39 is 17.7 Å². The van der Waals surface area contributed by atoms with Gasteiger partial charge in [-0.2, -0.15) is 4.98 Å². The van der Waals surface area contributed by atoms with Crippen molar-refractivity contribution in [1.29, 1.82) is 0 Å². The van der Waals surface area contributed by atoms with Gasteiger partial charge >= 0.3 is 6.09 Å². The smallest absolute Gasteiger partial charge is 0.407 e. The Kier molecular flexibility index (Phi) is 5.72. The van der Waals surface area contributed by atoms with Crippen LogP contribution in [0.25, 0.3) is 22.0 Å². The molecule has 1 saturated heterocycles. The van der Waals surface area contributed by atoms with Crippen LogP contribution in [0.2, 0.25) is 10.3 Å². The third kappa shape index (κ3) is 3.79. The van der Waals surface area contributed by atoms with Crippen LogP contribution in [0.4, 0.5) is 19.4 Å². The van der Waals surface area contributed by atoms with Crippen LogP contribution < -0.4 is 9.64 Å². The number of aromatic nitrogens is 2. The quantitative estimate of drug-likeness (QED) is 0.561. The number of benzene rings is 2. The molecule has 2 aromatic carbocycles. The lowest BCUT2D eigenvalue weighted by molar-refractivity contribution is 0.142. The molecule has 0 unspecified atom stereocenters. The molecule has 2 heterocycles. The van der Waals surface area contributed by atoms with Crippen molar-refractivity contribution in [1.82, 2.24) is 14.9 Å². The van der Waals surface area contributed by atoms with Crippen molar-refractivity contribution in [3.05, 3.63) is 46.2 Å². The van der Waals surface area contributed by atoms with E-state index in [9.17, 15) is 9.18 Å². The van der Waals surface area contributed by atoms with E-state index in [0.717, 1.165) is 0 Å². The number of fused-ring (bicyclic) bond motifs is 1. The van der Waals surface area contributed by atoms with Crippen molar-refractivity contribution >= 4 is 46.0 Å². The van der Waals surface area contributed by atoms with Gasteiger partial charge in [-0.15, -0.1) is 0 Å². The first-order chi connectivity index (χ1) is 14.8. The van der Waals surface area contributed by atoms with Crippen molar-refractivity contribution in [2.45, 2.75) is 0 Å². The number of rotatable bonds is 3. The lowest BCUT2D eigenvalue weighted by Gasteiger charge is -2.34. The number of carboxylic acid groups (broad SMARTS) is 1. The molecule has 0 spiro atoms. The Labute approximate surface area is 185 Å². The lowest BCUT2D eigenvalue weighted by Crippen LogP contribution is -2.48. The van der Waals surface area contributed by atoms with E-state index in [2.05, 4.69) is 9.97 Å². The summed E-state index contributed by atoms with van der Waals surface area (Å²) in [6, 6.07) is 5.58. The molecule has 162 valence electrons. The van der Waals surface area contributed by atoms with E-state index in [1.807, 2.05) is 0 Å². The summed E-state index contributed by atoms with van der Waals surface area (Å²) in [6.45, 7) is 1.16. The molecule has 1 aliphatic heterocycles. The minimum Gasteiger partial charge on any atom is -0.496 e. The van der Waals surface area contributed by atoms with Crippen LogP contribution in [0, 0.1) is 11.6 Å². The number of hydrogen-bond acceptors (Lipinski definition) is 5. The first-order valence-electron chi connectivity index (χ1n) is 9.22. The highest BCUT2D eigenvalue weighted by Crippen LogP contribution is 2.42. The van der Waals surface area contributed by atoms with Crippen LogP contribution in [-0.2, 0) is 0 Å². The largest absolute Gasteiger partial charge is 0.496 e. The van der Waals surface area contributed by atoms with Gasteiger partial charge in [-0.05, 0) is 29.8 Å². The Morgan fingerprint density at radius 3 is 2.48 bits per heavy atom. The van der Waals surface area contributed by atoms with Gasteiger partial charge in [0.25, 0.3) is 0 Å². The summed E-state index contributed by atoms with van der Waals surface area (Å²) in [5, 5.41) is 9.18. The van der Waals surface area contributed by atoms with Gasteiger partial charge in [-0.1, -0.05) is 17.7 Å². The van der Waals surface area contributed by atoms with Gasteiger partial charge in [-0.25, -0.2) is 18.6 Å². The maximum atomic E-state index is 15.6. The summed E-state index contributed by atoms with van der Waals surface area (Å²) in [6.07, 6.45) is -1.01. The van der Waals surface area contributed by atoms with Gasteiger partial charge in [-0.3, -0.25) is 0 Å². The number of anilines is 1. The molecule has 7 nitrogen and oxygen atoms in total. The van der Waals surface area contributed by atoms with E-state index in [4.69, 9.17) is 33.0 Å². The van der Waals surface area contributed by atoms with Crippen LogP contribution in [0.5, 0.6) is 5.75 Å². The Morgan fingerprint density at radius 1 is 1.13 bits per heavy atom. The number of hydrogen-bond donors (Lipinski definition) is 1. The number of amides is 1. The fraction of sp³-hybridized carbons (Fsp3) is 0.250. The Balaban J connectivity index is 1.88. The summed E-state index contributed by atoms with van der Waals surface area (Å²) < 4.78 is 35.4. The normalized spacial score (nSPS) is 14.2. The zero-order valence-electron chi connectivity index (χ0n) is 16.2. The first-order valence-corrected chi connectivity index (χ1v) is 9.98. The van der Waals surface area contributed by atoms with Gasteiger partial charge < -0.3 is 19.6 Å². The second-order valence-electron chi connectivity index (χ2n) is 6.83. The van der Waals surface area contributed by atoms with Gasteiger partial charge in [0.1, 0.15) is 22.9 Å². The molecule has 0 radical (unpaired) electrons. The topological polar surface area (TPSA) is 78.8 Å². The van der Waals surface area contributed by atoms with Crippen molar-refractivity contribution < 1.29 is 23.4 Å². The number of nitrogens with zero attached hydrogens (tertiary/aromatic N) is 4. The zero-order valence-corrected chi connectivity index (χ0v) is 17.7. The van der Waals surface area contributed by atoms with Gasteiger partial charge in [0, 0.05) is 37.1 Å². The fourth-order valence-electron chi connectivity index (χ4n) is 3.65. The van der Waals surface area contributed by atoms with Crippen LogP contribution in [0.15, 0.2) is 24.3 Å². The van der Waals surface area contributed by atoms with E-state index in [1.165, 1.54) is 36.3 Å². The SMILES string of the molecule is COc1cccc(F)c1-c1c(Cl)cc2c(N3CCN(C(=O)O)CC3)nc(Cl)nc2c1F. The Morgan fingerprint density at radius 2 is 1.84 bits per heavy atom. The zero-order chi connectivity index (χ0) is 22.3. The number of halogens is 4. The van der Waals surface area contributed by atoms with Crippen LogP contribution in [0.1, 0.15) is 0 Å². The molecule has 0 aliphatic carbocycles. The van der Waals surface area contributed by atoms with Crippen molar-refractivity contribution in [2.24, 2.45) is 0 Å². The van der Waals surface area contributed by atoms with Crippen molar-refractivity contribution in [3.63, 3.8) is 0 Å². The molecule has 0 saturated carbocycles. The molecule has 0 atom stereocenters. The summed E-state index contributed by atoms with van der Waals surface area (Å²) in [7, 11) is 1.35. The molecular formula is C20H16Cl2F2N4O3. The minimum atomic E-state index is -1.01. The van der Waals surface area contributed by atoms with Gasteiger partial charge in [0.15, 0.2) is 5.82 Å². The van der Waals surface area contributed by atoms with Crippen LogP contribution in [-0.4, -0.2) is 59.4 Å². The average Bonchev–Trinajstić information content (AvgIpc) is 2.75. The van der Waals surface area contributed by atoms with E-state index >= 15 is 4.39 Å². The summed E-state index contributed by atoms with van der Waals surface area (Å²) >= 11 is 12.5. The molecule has 11 heteroatoms. The summed E-state index contributed by atoms with van der Waals surface area (Å²) in [5.74, 6) is -1.12. The monoisotopic (exact) mass is 468 g/mol. The molecule has 1 N–H and O–H groups in total. The lowest BCUT2D eigenvalue weighted by atomic mass is 10.0. The first kappa shape index (κ1) is 21.3. The highest BCUT2D eigenvalue weighted by atomic mass is 35.5. The van der Waals surface area contributed by atoms with Gasteiger partial charge in [0.2, 0.25) is 5.28 Å². The molecule has 1 aromatic heterocycles. The number of methoxy groups -OCH3 is 1. The second kappa shape index (κ2) is 8.32. The molecule has 31 heavy (non-hydrogen) atoms. The molecule has 1 aliphatic rings. The predicted octanol–water partition coefficient (Wildman–Crippen LogP) is 4.69. The third-order valence-corrected chi connectivity index (χ3v) is 5.60. The molecule has 1 amide bonds. The molecule has 0 bridgehead atoms. The Bertz CT molecular complexity index is 1190. The second-order valence-corrected chi connectivity index (χ2v) is 7.58. The van der Waals surface area contributed by atoms with Gasteiger partial charge in [0.05, 0.1) is 17.7 Å². The fourth-order valence-corrected chi connectivity index (χ4v) is 4.10. The highest BCUT2D eigenvalue weighted by molar-refractivity contribution is 6.34. The van der Waals surface area contributed by atoms with E-state index in [1.54, 1.807) is 4.90 Å². The summed E-state index contributed by atoms with van der Waals surface area (Å²) in [4.78, 5) is 22.5. The standard InChI is InChI=1S/C20H16Cl2F2N4O3/c1-31-13-4-2-3-12(23)15(13)14-11(21)9-10-17(16(14)24)25-19(22)26-18(10)27-5-7-28(8-6-27)20(29)30/h2-4,9H,5-8H2,1H3,(H,29,30). The summed E-state index contributed by atoms with van der Waals surface area (Å²) in [5.41, 5.74) is -0.443. The van der Waals surface area contributed by atoms with Crippen molar-refractivity contribution in [2.75, 3.05) is 38.2 Å². The van der Waals surface area contributed by atoms with Crippen LogP contribution >= 0.6 is 23.2 Å². The van der Waals surface area contributed by atoms with Crippen LogP contribution in [0.3, 0.4) is 0 Å².